The van der Waals surface area contributed by atoms with Crippen molar-refractivity contribution >= 4 is 17.4 Å². The van der Waals surface area contributed by atoms with Gasteiger partial charge in [-0.1, -0.05) is 30.3 Å². The standard InChI is InChI=1S/C20H19N7O/c1-26(2)18-9-8-17-23-24-19(27(17)25-18)16-12-15(10-11-21-16)20(28)22-13-14-6-4-3-5-7-14/h3-12H,13H2,1-2H3,(H,22,28). The highest BCUT2D eigenvalue weighted by atomic mass is 16.1. The van der Waals surface area contributed by atoms with Crippen LogP contribution in [0.5, 0.6) is 0 Å². The zero-order valence-electron chi connectivity index (χ0n) is 15.6. The van der Waals surface area contributed by atoms with Crippen molar-refractivity contribution in [3.63, 3.8) is 0 Å². The van der Waals surface area contributed by atoms with Crippen molar-refractivity contribution in [3.8, 4) is 11.5 Å². The van der Waals surface area contributed by atoms with E-state index in [2.05, 4.69) is 25.6 Å². The number of hydrogen-bond acceptors (Lipinski definition) is 6. The number of anilines is 1. The van der Waals surface area contributed by atoms with Crippen LogP contribution < -0.4 is 10.2 Å². The maximum Gasteiger partial charge on any atom is 0.251 e. The average molecular weight is 373 g/mol. The van der Waals surface area contributed by atoms with Crippen LogP contribution in [0, 0.1) is 0 Å². The lowest BCUT2D eigenvalue weighted by atomic mass is 10.2. The Morgan fingerprint density at radius 3 is 2.68 bits per heavy atom. The minimum atomic E-state index is -0.178. The number of fused-ring (bicyclic) bond motifs is 1. The molecule has 0 aliphatic rings. The molecule has 0 radical (unpaired) electrons. The summed E-state index contributed by atoms with van der Waals surface area (Å²) in [6.07, 6.45) is 1.59. The monoisotopic (exact) mass is 373 g/mol. The van der Waals surface area contributed by atoms with Crippen LogP contribution in [0.25, 0.3) is 17.2 Å². The van der Waals surface area contributed by atoms with Crippen molar-refractivity contribution in [2.75, 3.05) is 19.0 Å². The van der Waals surface area contributed by atoms with Crippen LogP contribution in [-0.2, 0) is 6.54 Å². The molecule has 0 aliphatic heterocycles. The normalized spacial score (nSPS) is 10.8. The fourth-order valence-corrected chi connectivity index (χ4v) is 2.75. The predicted molar refractivity (Wildman–Crippen MR) is 106 cm³/mol. The highest BCUT2D eigenvalue weighted by Gasteiger charge is 2.14. The molecule has 140 valence electrons. The molecule has 0 aliphatic carbocycles. The summed E-state index contributed by atoms with van der Waals surface area (Å²) in [5, 5.41) is 15.8. The predicted octanol–water partition coefficient (Wildman–Crippen LogP) is 2.18. The molecule has 8 nitrogen and oxygen atoms in total. The van der Waals surface area contributed by atoms with Gasteiger partial charge in [-0.15, -0.1) is 15.3 Å². The zero-order chi connectivity index (χ0) is 19.5. The van der Waals surface area contributed by atoms with E-state index in [1.807, 2.05) is 61.5 Å². The summed E-state index contributed by atoms with van der Waals surface area (Å²) < 4.78 is 1.63. The van der Waals surface area contributed by atoms with E-state index in [0.29, 0.717) is 29.3 Å². The molecule has 0 atom stereocenters. The van der Waals surface area contributed by atoms with E-state index in [-0.39, 0.29) is 5.91 Å². The average Bonchev–Trinajstić information content (AvgIpc) is 3.16. The van der Waals surface area contributed by atoms with Gasteiger partial charge in [0.25, 0.3) is 5.91 Å². The second-order valence-electron chi connectivity index (χ2n) is 6.48. The lowest BCUT2D eigenvalue weighted by molar-refractivity contribution is 0.0951. The number of amides is 1. The van der Waals surface area contributed by atoms with Gasteiger partial charge < -0.3 is 10.2 Å². The maximum absolute atomic E-state index is 12.5. The quantitative estimate of drug-likeness (QED) is 0.577. The highest BCUT2D eigenvalue weighted by molar-refractivity contribution is 5.94. The van der Waals surface area contributed by atoms with E-state index in [0.717, 1.165) is 11.4 Å². The lowest BCUT2D eigenvalue weighted by Crippen LogP contribution is -2.22. The Hall–Kier alpha value is -3.81. The summed E-state index contributed by atoms with van der Waals surface area (Å²) in [5.74, 6) is 1.07. The van der Waals surface area contributed by atoms with E-state index >= 15 is 0 Å². The van der Waals surface area contributed by atoms with Gasteiger partial charge in [0.15, 0.2) is 5.65 Å². The first-order valence-electron chi connectivity index (χ1n) is 8.80. The van der Waals surface area contributed by atoms with E-state index in [1.165, 1.54) is 0 Å². The molecule has 1 N–H and O–H groups in total. The van der Waals surface area contributed by atoms with E-state index < -0.39 is 0 Å². The van der Waals surface area contributed by atoms with Crippen LogP contribution in [0.1, 0.15) is 15.9 Å². The van der Waals surface area contributed by atoms with Gasteiger partial charge in [0.1, 0.15) is 11.5 Å². The summed E-state index contributed by atoms with van der Waals surface area (Å²) in [6, 6.07) is 16.8. The van der Waals surface area contributed by atoms with E-state index in [9.17, 15) is 4.79 Å². The Morgan fingerprint density at radius 1 is 1.07 bits per heavy atom. The Kier molecular flexibility index (Phi) is 4.67. The number of aromatic nitrogens is 5. The molecule has 0 spiro atoms. The summed E-state index contributed by atoms with van der Waals surface area (Å²) in [5.41, 5.74) is 2.68. The van der Waals surface area contributed by atoms with Crippen LogP contribution in [0.15, 0.2) is 60.8 Å². The van der Waals surface area contributed by atoms with Crippen molar-refractivity contribution in [1.29, 1.82) is 0 Å². The van der Waals surface area contributed by atoms with Crippen molar-refractivity contribution in [2.45, 2.75) is 6.54 Å². The molecule has 28 heavy (non-hydrogen) atoms. The van der Waals surface area contributed by atoms with Gasteiger partial charge in [0.05, 0.1) is 0 Å². The fraction of sp³-hybridized carbons (Fsp3) is 0.150. The second-order valence-corrected chi connectivity index (χ2v) is 6.48. The third kappa shape index (κ3) is 3.52. The number of pyridine rings is 1. The molecule has 4 aromatic rings. The number of nitrogens with zero attached hydrogens (tertiary/aromatic N) is 6. The molecule has 4 rings (SSSR count). The van der Waals surface area contributed by atoms with Crippen LogP contribution in [-0.4, -0.2) is 44.8 Å². The molecule has 0 fully saturated rings. The number of benzene rings is 1. The van der Waals surface area contributed by atoms with Gasteiger partial charge in [-0.25, -0.2) is 0 Å². The lowest BCUT2D eigenvalue weighted by Gasteiger charge is -2.10. The molecule has 1 aromatic carbocycles. The van der Waals surface area contributed by atoms with Crippen molar-refractivity contribution in [3.05, 3.63) is 71.9 Å². The minimum Gasteiger partial charge on any atom is -0.361 e. The molecule has 0 saturated heterocycles. The number of carbonyl (C=O) groups is 1. The first-order valence-corrected chi connectivity index (χ1v) is 8.80. The van der Waals surface area contributed by atoms with Gasteiger partial charge in [-0.05, 0) is 29.8 Å². The Labute approximate surface area is 161 Å². The molecular weight excluding hydrogens is 354 g/mol. The highest BCUT2D eigenvalue weighted by Crippen LogP contribution is 2.18. The van der Waals surface area contributed by atoms with Gasteiger partial charge in [-0.2, -0.15) is 4.52 Å². The van der Waals surface area contributed by atoms with Crippen molar-refractivity contribution in [2.24, 2.45) is 0 Å². The van der Waals surface area contributed by atoms with Crippen LogP contribution in [0.4, 0.5) is 5.82 Å². The first-order chi connectivity index (χ1) is 13.6. The van der Waals surface area contributed by atoms with Gasteiger partial charge in [0, 0.05) is 32.4 Å². The Bertz CT molecular complexity index is 1120. The SMILES string of the molecule is CN(C)c1ccc2nnc(-c3cc(C(=O)NCc4ccccc4)ccn3)n2n1. The molecule has 0 bridgehead atoms. The number of rotatable bonds is 5. The molecule has 3 heterocycles. The summed E-state index contributed by atoms with van der Waals surface area (Å²) in [4.78, 5) is 18.8. The second kappa shape index (κ2) is 7.43. The maximum atomic E-state index is 12.5. The van der Waals surface area contributed by atoms with E-state index in [4.69, 9.17) is 0 Å². The first kappa shape index (κ1) is 17.6. The molecule has 3 aromatic heterocycles. The van der Waals surface area contributed by atoms with Gasteiger partial charge >= 0.3 is 0 Å². The molecule has 0 unspecified atom stereocenters. The minimum absolute atomic E-state index is 0.178. The third-order valence-corrected chi connectivity index (χ3v) is 4.25. The van der Waals surface area contributed by atoms with Gasteiger partial charge in [-0.3, -0.25) is 9.78 Å². The smallest absolute Gasteiger partial charge is 0.251 e. The molecule has 1 amide bonds. The molecule has 0 saturated carbocycles. The van der Waals surface area contributed by atoms with Crippen molar-refractivity contribution in [1.82, 2.24) is 30.1 Å². The fourth-order valence-electron chi connectivity index (χ4n) is 2.75. The number of hydrogen-bond donors (Lipinski definition) is 1. The molecular formula is C20H19N7O. The Morgan fingerprint density at radius 2 is 1.89 bits per heavy atom. The van der Waals surface area contributed by atoms with Crippen molar-refractivity contribution < 1.29 is 4.79 Å². The number of carbonyl (C=O) groups excluding carboxylic acids is 1. The zero-order valence-corrected chi connectivity index (χ0v) is 15.6. The Balaban J connectivity index is 1.61. The van der Waals surface area contributed by atoms with Crippen LogP contribution in [0.3, 0.4) is 0 Å². The van der Waals surface area contributed by atoms with Crippen LogP contribution >= 0.6 is 0 Å². The number of nitrogens with one attached hydrogen (secondary N) is 1. The largest absolute Gasteiger partial charge is 0.361 e. The molecule has 8 heteroatoms. The topological polar surface area (TPSA) is 88.3 Å². The van der Waals surface area contributed by atoms with Gasteiger partial charge in [0.2, 0.25) is 5.82 Å². The summed E-state index contributed by atoms with van der Waals surface area (Å²) in [7, 11) is 3.82. The summed E-state index contributed by atoms with van der Waals surface area (Å²) in [6.45, 7) is 0.457. The summed E-state index contributed by atoms with van der Waals surface area (Å²) >= 11 is 0. The van der Waals surface area contributed by atoms with Crippen LogP contribution in [0.2, 0.25) is 0 Å². The van der Waals surface area contributed by atoms with E-state index in [1.54, 1.807) is 22.8 Å². The third-order valence-electron chi connectivity index (χ3n) is 4.25.